The molecule has 2 aromatic rings. The van der Waals surface area contributed by atoms with E-state index in [9.17, 15) is 4.79 Å². The van der Waals surface area contributed by atoms with Gasteiger partial charge in [-0.05, 0) is 35.3 Å². The van der Waals surface area contributed by atoms with Crippen LogP contribution in [0.5, 0.6) is 17.2 Å². The van der Waals surface area contributed by atoms with Crippen molar-refractivity contribution in [2.24, 2.45) is 0 Å². The lowest BCUT2D eigenvalue weighted by molar-refractivity contribution is 0.112. The van der Waals surface area contributed by atoms with Gasteiger partial charge >= 0.3 is 0 Å². The number of carbonyl (C=O) groups excluding carboxylic acids is 1. The number of ether oxygens (including phenoxy) is 3. The number of aldehydes is 1. The molecule has 0 amide bonds. The first-order valence-corrected chi connectivity index (χ1v) is 12.5. The normalized spacial score (nSPS) is 11.9. The molecule has 0 saturated carbocycles. The largest absolute Gasteiger partial charge is 0.493 e. The number of rotatable bonds is 8. The van der Waals surface area contributed by atoms with Crippen molar-refractivity contribution < 1.29 is 23.4 Å². The molecule has 5 nitrogen and oxygen atoms in total. The third-order valence-corrected chi connectivity index (χ3v) is 10.1. The predicted octanol–water partition coefficient (Wildman–Crippen LogP) is 5.71. The van der Waals surface area contributed by atoms with E-state index in [1.807, 2.05) is 24.3 Å². The maximum Gasteiger partial charge on any atom is 0.203 e. The minimum Gasteiger partial charge on any atom is -0.493 e. The first kappa shape index (κ1) is 23.0. The summed E-state index contributed by atoms with van der Waals surface area (Å²) in [5.74, 6) is 1.57. The molecule has 6 heteroatoms. The Morgan fingerprint density at radius 2 is 1.59 bits per heavy atom. The van der Waals surface area contributed by atoms with Gasteiger partial charge in [0.2, 0.25) is 5.75 Å². The van der Waals surface area contributed by atoms with Gasteiger partial charge in [-0.2, -0.15) is 0 Å². The lowest BCUT2D eigenvalue weighted by atomic mass is 9.94. The van der Waals surface area contributed by atoms with Gasteiger partial charge in [0, 0.05) is 11.1 Å². The van der Waals surface area contributed by atoms with Crippen LogP contribution in [-0.4, -0.2) is 35.9 Å². The first-order chi connectivity index (χ1) is 13.6. The van der Waals surface area contributed by atoms with E-state index in [0.717, 1.165) is 23.0 Å². The van der Waals surface area contributed by atoms with E-state index in [1.165, 1.54) is 0 Å². The summed E-state index contributed by atoms with van der Waals surface area (Å²) in [5, 5.41) is 0.0779. The second kappa shape index (κ2) is 9.01. The summed E-state index contributed by atoms with van der Waals surface area (Å²) in [7, 11) is 2.76. The molecule has 0 radical (unpaired) electrons. The molecule has 0 aromatic heterocycles. The van der Waals surface area contributed by atoms with E-state index in [0.29, 0.717) is 29.4 Å². The Hall–Kier alpha value is -2.31. The Morgan fingerprint density at radius 1 is 0.966 bits per heavy atom. The summed E-state index contributed by atoms with van der Waals surface area (Å²) in [6, 6.07) is 9.34. The molecule has 0 aliphatic heterocycles. The minimum absolute atomic E-state index is 0.0779. The van der Waals surface area contributed by atoms with Crippen LogP contribution < -0.4 is 14.2 Å². The van der Waals surface area contributed by atoms with E-state index in [4.69, 9.17) is 18.6 Å². The smallest absolute Gasteiger partial charge is 0.203 e. The lowest BCUT2D eigenvalue weighted by Gasteiger charge is -2.36. The van der Waals surface area contributed by atoms with Crippen molar-refractivity contribution in [3.63, 3.8) is 0 Å². The molecule has 158 valence electrons. The number of methoxy groups -OCH3 is 3. The molecular formula is C23H32O5Si. The van der Waals surface area contributed by atoms with Gasteiger partial charge in [-0.3, -0.25) is 4.79 Å². The minimum atomic E-state index is -1.99. The summed E-state index contributed by atoms with van der Waals surface area (Å²) in [6.45, 7) is 11.4. The highest BCUT2D eigenvalue weighted by Crippen LogP contribution is 2.48. The summed E-state index contributed by atoms with van der Waals surface area (Å²) < 4.78 is 23.4. The van der Waals surface area contributed by atoms with Crippen molar-refractivity contribution >= 4 is 14.6 Å². The SMILES string of the molecule is COc1cc(CO[Si](C)(C)C(C)(C)C)c(-c2ccccc2C=O)c(OC)c1OC. The molecule has 0 saturated heterocycles. The highest BCUT2D eigenvalue weighted by Gasteiger charge is 2.37. The number of benzene rings is 2. The van der Waals surface area contributed by atoms with Crippen LogP contribution in [0.15, 0.2) is 30.3 Å². The average molecular weight is 417 g/mol. The van der Waals surface area contributed by atoms with Gasteiger partial charge < -0.3 is 18.6 Å². The molecule has 0 heterocycles. The predicted molar refractivity (Wildman–Crippen MR) is 119 cm³/mol. The van der Waals surface area contributed by atoms with E-state index in [-0.39, 0.29) is 5.04 Å². The maximum absolute atomic E-state index is 11.7. The van der Waals surface area contributed by atoms with Crippen molar-refractivity contribution in [2.45, 2.75) is 45.5 Å². The molecule has 2 rings (SSSR count). The van der Waals surface area contributed by atoms with Gasteiger partial charge in [-0.25, -0.2) is 0 Å². The molecule has 0 N–H and O–H groups in total. The Balaban J connectivity index is 2.73. The number of carbonyl (C=O) groups is 1. The third-order valence-electron chi connectivity index (χ3n) is 5.66. The zero-order chi connectivity index (χ0) is 21.8. The highest BCUT2D eigenvalue weighted by atomic mass is 28.4. The molecule has 29 heavy (non-hydrogen) atoms. The van der Waals surface area contributed by atoms with Gasteiger partial charge in [-0.1, -0.05) is 45.0 Å². The van der Waals surface area contributed by atoms with Crippen molar-refractivity contribution in [2.75, 3.05) is 21.3 Å². The van der Waals surface area contributed by atoms with Crippen LogP contribution in [0.2, 0.25) is 18.1 Å². The Kier molecular flexibility index (Phi) is 7.14. The van der Waals surface area contributed by atoms with Crippen LogP contribution in [0.3, 0.4) is 0 Å². The fourth-order valence-electron chi connectivity index (χ4n) is 2.92. The quantitative estimate of drug-likeness (QED) is 0.407. The second-order valence-corrected chi connectivity index (χ2v) is 13.2. The lowest BCUT2D eigenvalue weighted by Crippen LogP contribution is -2.40. The molecule has 0 atom stereocenters. The highest BCUT2D eigenvalue weighted by molar-refractivity contribution is 6.74. The molecule has 0 unspecified atom stereocenters. The first-order valence-electron chi connectivity index (χ1n) is 9.61. The zero-order valence-corrected chi connectivity index (χ0v) is 19.7. The average Bonchev–Trinajstić information content (AvgIpc) is 2.69. The van der Waals surface area contributed by atoms with Crippen molar-refractivity contribution in [1.82, 2.24) is 0 Å². The number of hydrogen-bond donors (Lipinski definition) is 0. The van der Waals surface area contributed by atoms with Gasteiger partial charge in [0.05, 0.1) is 27.9 Å². The van der Waals surface area contributed by atoms with Gasteiger partial charge in [0.25, 0.3) is 0 Å². The number of hydrogen-bond acceptors (Lipinski definition) is 5. The monoisotopic (exact) mass is 416 g/mol. The summed E-state index contributed by atoms with van der Waals surface area (Å²) in [4.78, 5) is 11.7. The van der Waals surface area contributed by atoms with E-state index < -0.39 is 8.32 Å². The summed E-state index contributed by atoms with van der Waals surface area (Å²) in [6.07, 6.45) is 0.851. The fraction of sp³-hybridized carbons (Fsp3) is 0.435. The fourth-order valence-corrected chi connectivity index (χ4v) is 3.87. The van der Waals surface area contributed by atoms with Crippen LogP contribution in [0.4, 0.5) is 0 Å². The molecule has 2 aromatic carbocycles. The molecule has 0 fully saturated rings. The van der Waals surface area contributed by atoms with Gasteiger partial charge in [0.1, 0.15) is 0 Å². The Labute approximate surface area is 175 Å². The summed E-state index contributed by atoms with van der Waals surface area (Å²) >= 11 is 0. The zero-order valence-electron chi connectivity index (χ0n) is 18.7. The molecule has 0 aliphatic carbocycles. The van der Waals surface area contributed by atoms with Crippen LogP contribution in [0.25, 0.3) is 11.1 Å². The van der Waals surface area contributed by atoms with E-state index >= 15 is 0 Å². The Bertz CT molecular complexity index is 868. The molecule has 0 aliphatic rings. The van der Waals surface area contributed by atoms with Crippen LogP contribution in [-0.2, 0) is 11.0 Å². The molecule has 0 spiro atoms. The summed E-state index contributed by atoms with van der Waals surface area (Å²) in [5.41, 5.74) is 3.02. The van der Waals surface area contributed by atoms with E-state index in [2.05, 4.69) is 33.9 Å². The topological polar surface area (TPSA) is 54.0 Å². The van der Waals surface area contributed by atoms with Gasteiger partial charge in [0.15, 0.2) is 26.1 Å². The van der Waals surface area contributed by atoms with Gasteiger partial charge in [-0.15, -0.1) is 0 Å². The maximum atomic E-state index is 11.7. The van der Waals surface area contributed by atoms with Crippen LogP contribution in [0.1, 0.15) is 36.7 Å². The Morgan fingerprint density at radius 3 is 2.10 bits per heavy atom. The van der Waals surface area contributed by atoms with Crippen LogP contribution >= 0.6 is 0 Å². The van der Waals surface area contributed by atoms with Crippen molar-refractivity contribution in [3.8, 4) is 28.4 Å². The standard InChI is InChI=1S/C23H32O5Si/c1-23(2,3)29(7,8)28-15-17-13-19(25-4)21(26-5)22(27-6)20(17)18-12-10-9-11-16(18)14-24/h9-14H,15H2,1-8H3. The van der Waals surface area contributed by atoms with Crippen molar-refractivity contribution in [1.29, 1.82) is 0 Å². The molecular weight excluding hydrogens is 384 g/mol. The van der Waals surface area contributed by atoms with E-state index in [1.54, 1.807) is 27.4 Å². The van der Waals surface area contributed by atoms with Crippen molar-refractivity contribution in [3.05, 3.63) is 41.5 Å². The third kappa shape index (κ3) is 4.65. The van der Waals surface area contributed by atoms with Crippen LogP contribution in [0, 0.1) is 0 Å². The molecule has 0 bridgehead atoms. The second-order valence-electron chi connectivity index (χ2n) is 8.43.